The predicted octanol–water partition coefficient (Wildman–Crippen LogP) is 3.26. The molecule has 1 rings (SSSR count). The molecule has 0 amide bonds. The molecule has 2 atom stereocenters. The summed E-state index contributed by atoms with van der Waals surface area (Å²) >= 11 is 0. The number of hydrogen-bond acceptors (Lipinski definition) is 2. The third kappa shape index (κ3) is 3.96. The lowest BCUT2D eigenvalue weighted by molar-refractivity contribution is 0.0927. The van der Waals surface area contributed by atoms with Crippen molar-refractivity contribution in [3.8, 4) is 0 Å². The number of nitrogens with two attached hydrogens (primary N) is 1. The number of hydrogen-bond donors (Lipinski definition) is 1. The highest BCUT2D eigenvalue weighted by Crippen LogP contribution is 2.30. The van der Waals surface area contributed by atoms with E-state index >= 15 is 0 Å². The summed E-state index contributed by atoms with van der Waals surface area (Å²) in [5.41, 5.74) is 5.97. The molecule has 1 aliphatic carbocycles. The lowest BCUT2D eigenvalue weighted by atomic mass is 9.83. The molecule has 0 bridgehead atoms. The summed E-state index contributed by atoms with van der Waals surface area (Å²) < 4.78 is 0. The normalized spacial score (nSPS) is 29.3. The monoisotopic (exact) mass is 240 g/mol. The quantitative estimate of drug-likeness (QED) is 0.772. The first kappa shape index (κ1) is 15.0. The van der Waals surface area contributed by atoms with E-state index in [-0.39, 0.29) is 0 Å². The van der Waals surface area contributed by atoms with Gasteiger partial charge in [0.15, 0.2) is 0 Å². The van der Waals surface area contributed by atoms with Gasteiger partial charge in [-0.3, -0.25) is 4.90 Å². The van der Waals surface area contributed by atoms with Crippen LogP contribution in [-0.4, -0.2) is 30.6 Å². The molecule has 1 fully saturated rings. The fourth-order valence-electron chi connectivity index (χ4n) is 3.30. The maximum absolute atomic E-state index is 5.97. The number of rotatable bonds is 6. The Morgan fingerprint density at radius 3 is 2.18 bits per heavy atom. The molecule has 2 heteroatoms. The highest BCUT2D eigenvalue weighted by molar-refractivity contribution is 4.84. The van der Waals surface area contributed by atoms with Crippen molar-refractivity contribution in [3.63, 3.8) is 0 Å². The topological polar surface area (TPSA) is 29.3 Å². The maximum Gasteiger partial charge on any atom is 0.0243 e. The molecule has 2 nitrogen and oxygen atoms in total. The van der Waals surface area contributed by atoms with Gasteiger partial charge in [0.1, 0.15) is 0 Å². The molecule has 1 saturated carbocycles. The predicted molar refractivity (Wildman–Crippen MR) is 76.1 cm³/mol. The molecule has 0 heterocycles. The summed E-state index contributed by atoms with van der Waals surface area (Å²) in [7, 11) is 2.29. The van der Waals surface area contributed by atoms with Crippen LogP contribution in [0.5, 0.6) is 0 Å². The fraction of sp³-hybridized carbons (Fsp3) is 1.00. The van der Waals surface area contributed by atoms with Crippen LogP contribution in [0.15, 0.2) is 0 Å². The third-order valence-corrected chi connectivity index (χ3v) is 5.04. The SMILES string of the molecule is CCC1CCC(N(C)C(CN)C(C)CC)CC1. The van der Waals surface area contributed by atoms with Crippen molar-refractivity contribution < 1.29 is 0 Å². The molecule has 0 spiro atoms. The van der Waals surface area contributed by atoms with Gasteiger partial charge in [0.05, 0.1) is 0 Å². The van der Waals surface area contributed by atoms with E-state index in [0.717, 1.165) is 18.5 Å². The molecular formula is C15H32N2. The molecule has 0 saturated heterocycles. The van der Waals surface area contributed by atoms with Gasteiger partial charge in [-0.05, 0) is 44.6 Å². The van der Waals surface area contributed by atoms with Crippen LogP contribution in [0, 0.1) is 11.8 Å². The van der Waals surface area contributed by atoms with Gasteiger partial charge < -0.3 is 5.73 Å². The molecule has 0 radical (unpaired) electrons. The van der Waals surface area contributed by atoms with Gasteiger partial charge in [0.25, 0.3) is 0 Å². The van der Waals surface area contributed by atoms with Gasteiger partial charge in [-0.1, -0.05) is 33.6 Å². The second kappa shape index (κ2) is 7.38. The zero-order chi connectivity index (χ0) is 12.8. The van der Waals surface area contributed by atoms with Gasteiger partial charge in [-0.2, -0.15) is 0 Å². The summed E-state index contributed by atoms with van der Waals surface area (Å²) in [5, 5.41) is 0. The minimum absolute atomic E-state index is 0.572. The third-order valence-electron chi connectivity index (χ3n) is 5.04. The summed E-state index contributed by atoms with van der Waals surface area (Å²) in [5.74, 6) is 1.70. The molecule has 0 aliphatic heterocycles. The van der Waals surface area contributed by atoms with E-state index in [9.17, 15) is 0 Å². The number of nitrogens with zero attached hydrogens (tertiary/aromatic N) is 1. The molecule has 102 valence electrons. The molecule has 0 aromatic carbocycles. The molecule has 1 aliphatic rings. The molecule has 17 heavy (non-hydrogen) atoms. The van der Waals surface area contributed by atoms with Crippen LogP contribution in [0.1, 0.15) is 59.3 Å². The highest BCUT2D eigenvalue weighted by Gasteiger charge is 2.28. The minimum atomic E-state index is 0.572. The largest absolute Gasteiger partial charge is 0.329 e. The smallest absolute Gasteiger partial charge is 0.0243 e. The van der Waals surface area contributed by atoms with E-state index in [0.29, 0.717) is 12.0 Å². The first-order valence-corrected chi connectivity index (χ1v) is 7.55. The van der Waals surface area contributed by atoms with Gasteiger partial charge >= 0.3 is 0 Å². The standard InChI is InChI=1S/C15H32N2/c1-5-12(3)15(11-16)17(4)14-9-7-13(6-2)8-10-14/h12-15H,5-11,16H2,1-4H3. The van der Waals surface area contributed by atoms with Crippen molar-refractivity contribution in [2.24, 2.45) is 17.6 Å². The Balaban J connectivity index is 2.48. The van der Waals surface area contributed by atoms with E-state index in [1.165, 1.54) is 38.5 Å². The van der Waals surface area contributed by atoms with Crippen molar-refractivity contribution in [2.45, 2.75) is 71.4 Å². The first-order chi connectivity index (χ1) is 8.13. The Kier molecular flexibility index (Phi) is 6.50. The van der Waals surface area contributed by atoms with Crippen LogP contribution in [0.2, 0.25) is 0 Å². The first-order valence-electron chi connectivity index (χ1n) is 7.55. The fourth-order valence-corrected chi connectivity index (χ4v) is 3.30. The van der Waals surface area contributed by atoms with Gasteiger partial charge in [-0.15, -0.1) is 0 Å². The number of likely N-dealkylation sites (N-methyl/N-ethyl adjacent to an activating group) is 1. The Hall–Kier alpha value is -0.0800. The van der Waals surface area contributed by atoms with E-state index in [1.54, 1.807) is 0 Å². The van der Waals surface area contributed by atoms with Crippen LogP contribution >= 0.6 is 0 Å². The lowest BCUT2D eigenvalue weighted by Gasteiger charge is -2.41. The highest BCUT2D eigenvalue weighted by atomic mass is 15.2. The molecular weight excluding hydrogens is 208 g/mol. The zero-order valence-corrected chi connectivity index (χ0v) is 12.3. The second-order valence-corrected chi connectivity index (χ2v) is 5.94. The molecule has 0 aromatic rings. The van der Waals surface area contributed by atoms with Crippen molar-refractivity contribution in [3.05, 3.63) is 0 Å². The van der Waals surface area contributed by atoms with Crippen molar-refractivity contribution >= 4 is 0 Å². The van der Waals surface area contributed by atoms with E-state index in [1.807, 2.05) is 0 Å². The zero-order valence-electron chi connectivity index (χ0n) is 12.3. The van der Waals surface area contributed by atoms with Crippen LogP contribution in [0.25, 0.3) is 0 Å². The van der Waals surface area contributed by atoms with Crippen molar-refractivity contribution in [1.29, 1.82) is 0 Å². The minimum Gasteiger partial charge on any atom is -0.329 e. The maximum atomic E-state index is 5.97. The van der Waals surface area contributed by atoms with Crippen LogP contribution in [0.4, 0.5) is 0 Å². The Bertz CT molecular complexity index is 197. The van der Waals surface area contributed by atoms with Gasteiger partial charge in [0.2, 0.25) is 0 Å². The summed E-state index contributed by atoms with van der Waals surface area (Å²) in [6.45, 7) is 7.75. The molecule has 0 aromatic heterocycles. The van der Waals surface area contributed by atoms with E-state index in [2.05, 4.69) is 32.7 Å². The van der Waals surface area contributed by atoms with Gasteiger partial charge in [0, 0.05) is 18.6 Å². The molecule has 2 unspecified atom stereocenters. The summed E-state index contributed by atoms with van der Waals surface area (Å²) in [4.78, 5) is 2.58. The average Bonchev–Trinajstić information content (AvgIpc) is 2.39. The summed E-state index contributed by atoms with van der Waals surface area (Å²) in [6.07, 6.45) is 8.19. The molecule has 2 N–H and O–H groups in total. The Labute approximate surface area is 108 Å². The lowest BCUT2D eigenvalue weighted by Crippen LogP contribution is -2.48. The second-order valence-electron chi connectivity index (χ2n) is 5.94. The van der Waals surface area contributed by atoms with Crippen LogP contribution in [-0.2, 0) is 0 Å². The van der Waals surface area contributed by atoms with Crippen LogP contribution < -0.4 is 5.73 Å². The van der Waals surface area contributed by atoms with E-state index < -0.39 is 0 Å². The van der Waals surface area contributed by atoms with E-state index in [4.69, 9.17) is 5.73 Å². The average molecular weight is 240 g/mol. The van der Waals surface area contributed by atoms with Crippen LogP contribution in [0.3, 0.4) is 0 Å². The van der Waals surface area contributed by atoms with Gasteiger partial charge in [-0.25, -0.2) is 0 Å². The van der Waals surface area contributed by atoms with Crippen molar-refractivity contribution in [1.82, 2.24) is 4.90 Å². The Morgan fingerprint density at radius 1 is 1.18 bits per heavy atom. The summed E-state index contributed by atoms with van der Waals surface area (Å²) in [6, 6.07) is 1.35. The Morgan fingerprint density at radius 2 is 1.76 bits per heavy atom. The van der Waals surface area contributed by atoms with Crippen molar-refractivity contribution in [2.75, 3.05) is 13.6 Å².